The minimum absolute atomic E-state index is 0.254. The number of aromatic nitrogens is 5. The first-order chi connectivity index (χ1) is 9.19. The molecule has 2 heterocycles. The van der Waals surface area contributed by atoms with E-state index in [1.54, 1.807) is 13.2 Å². The van der Waals surface area contributed by atoms with Crippen LogP contribution in [0.3, 0.4) is 0 Å². The number of methoxy groups -OCH3 is 1. The maximum Gasteiger partial charge on any atom is 0.258 e. The molecular weight excluding hydrogens is 264 g/mol. The van der Waals surface area contributed by atoms with Crippen LogP contribution in [-0.4, -0.2) is 37.9 Å². The van der Waals surface area contributed by atoms with Crippen molar-refractivity contribution in [1.29, 1.82) is 0 Å². The van der Waals surface area contributed by atoms with Gasteiger partial charge in [-0.2, -0.15) is 19.5 Å². The molecule has 0 bridgehead atoms. The van der Waals surface area contributed by atoms with Crippen LogP contribution in [0.2, 0.25) is 0 Å². The fourth-order valence-electron chi connectivity index (χ4n) is 1.32. The second-order valence-corrected chi connectivity index (χ2v) is 3.85. The summed E-state index contributed by atoms with van der Waals surface area (Å²) in [6, 6.07) is 0. The highest BCUT2D eigenvalue weighted by molar-refractivity contribution is 7.98. The zero-order chi connectivity index (χ0) is 14.4. The second-order valence-electron chi connectivity index (χ2n) is 3.07. The van der Waals surface area contributed by atoms with Gasteiger partial charge in [0.2, 0.25) is 11.8 Å². The van der Waals surface area contributed by atoms with Crippen LogP contribution in [0, 0.1) is 0 Å². The zero-order valence-corrected chi connectivity index (χ0v) is 12.5. The summed E-state index contributed by atoms with van der Waals surface area (Å²) >= 11 is 1.40. The van der Waals surface area contributed by atoms with Gasteiger partial charge < -0.3 is 10.5 Å². The lowest BCUT2D eigenvalue weighted by Gasteiger charge is -1.98. The lowest BCUT2D eigenvalue weighted by molar-refractivity contribution is 0.365. The van der Waals surface area contributed by atoms with Gasteiger partial charge in [0, 0.05) is 0 Å². The van der Waals surface area contributed by atoms with Gasteiger partial charge >= 0.3 is 0 Å². The molecule has 7 nitrogen and oxygen atoms in total. The van der Waals surface area contributed by atoms with Crippen molar-refractivity contribution in [2.45, 2.75) is 25.9 Å². The van der Waals surface area contributed by atoms with Crippen LogP contribution in [-0.2, 0) is 4.74 Å². The Labute approximate surface area is 116 Å². The van der Waals surface area contributed by atoms with Crippen molar-refractivity contribution in [1.82, 2.24) is 24.6 Å². The number of nitrogens with zero attached hydrogens (tertiary/aromatic N) is 5. The minimum Gasteiger partial charge on any atom is -0.493 e. The summed E-state index contributed by atoms with van der Waals surface area (Å²) in [5, 5.41) is 4.75. The number of rotatable bonds is 3. The van der Waals surface area contributed by atoms with E-state index in [9.17, 15) is 0 Å². The van der Waals surface area contributed by atoms with Crippen molar-refractivity contribution in [3.05, 3.63) is 11.9 Å². The molecule has 0 aliphatic carbocycles. The van der Waals surface area contributed by atoms with Gasteiger partial charge in [0.1, 0.15) is 0 Å². The van der Waals surface area contributed by atoms with Gasteiger partial charge in [0.25, 0.3) is 5.78 Å². The Bertz CT molecular complexity index is 580. The second kappa shape index (κ2) is 6.93. The van der Waals surface area contributed by atoms with Gasteiger partial charge in [-0.1, -0.05) is 25.6 Å². The molecular formula is C11H18N6OS. The molecule has 0 aliphatic rings. The first-order valence-electron chi connectivity index (χ1n) is 5.84. The van der Waals surface area contributed by atoms with E-state index in [-0.39, 0.29) is 5.95 Å². The van der Waals surface area contributed by atoms with E-state index in [1.165, 1.54) is 16.3 Å². The van der Waals surface area contributed by atoms with Crippen LogP contribution in [0.25, 0.3) is 11.5 Å². The van der Waals surface area contributed by atoms with E-state index in [1.807, 2.05) is 27.0 Å². The average Bonchev–Trinajstić information content (AvgIpc) is 2.86. The van der Waals surface area contributed by atoms with Gasteiger partial charge in [-0.25, -0.2) is 0 Å². The summed E-state index contributed by atoms with van der Waals surface area (Å²) in [5.41, 5.74) is 5.76. The third-order valence-electron chi connectivity index (χ3n) is 2.10. The van der Waals surface area contributed by atoms with Gasteiger partial charge in [0.05, 0.1) is 7.11 Å². The van der Waals surface area contributed by atoms with E-state index in [4.69, 9.17) is 10.5 Å². The smallest absolute Gasteiger partial charge is 0.258 e. The highest BCUT2D eigenvalue weighted by atomic mass is 32.2. The molecule has 2 aromatic rings. The van der Waals surface area contributed by atoms with Crippen LogP contribution in [0.5, 0.6) is 0 Å². The fraction of sp³-hybridized carbons (Fsp3) is 0.455. The molecule has 0 fully saturated rings. The molecule has 0 amide bonds. The Morgan fingerprint density at radius 2 is 2.00 bits per heavy atom. The molecule has 2 aromatic heterocycles. The molecule has 19 heavy (non-hydrogen) atoms. The molecule has 0 unspecified atom stereocenters. The van der Waals surface area contributed by atoms with Gasteiger partial charge in [-0.15, -0.1) is 5.10 Å². The number of allylic oxidation sites excluding steroid dienone is 1. The quantitative estimate of drug-likeness (QED) is 0.678. The average molecular weight is 282 g/mol. The van der Waals surface area contributed by atoms with Crippen molar-refractivity contribution in [3.8, 4) is 0 Å². The van der Waals surface area contributed by atoms with Crippen LogP contribution in [0.4, 0.5) is 5.95 Å². The maximum absolute atomic E-state index is 5.76. The highest BCUT2D eigenvalue weighted by Crippen LogP contribution is 2.15. The molecule has 0 aromatic carbocycles. The normalized spacial score (nSPS) is 11.1. The van der Waals surface area contributed by atoms with Crippen LogP contribution in [0.1, 0.15) is 26.6 Å². The number of thioether (sulfide) groups is 1. The summed E-state index contributed by atoms with van der Waals surface area (Å²) in [6.45, 7) is 5.84. The number of anilines is 1. The van der Waals surface area contributed by atoms with Gasteiger partial charge in [-0.3, -0.25) is 0 Å². The highest BCUT2D eigenvalue weighted by Gasteiger charge is 2.13. The number of nitrogen functional groups attached to an aromatic ring is 1. The Morgan fingerprint density at radius 1 is 1.32 bits per heavy atom. The molecule has 0 radical (unpaired) electrons. The molecule has 0 aliphatic heterocycles. The fourth-order valence-corrected chi connectivity index (χ4v) is 1.68. The monoisotopic (exact) mass is 282 g/mol. The summed E-state index contributed by atoms with van der Waals surface area (Å²) in [6.07, 6.45) is 3.64. The Kier molecular flexibility index (Phi) is 5.56. The van der Waals surface area contributed by atoms with E-state index >= 15 is 0 Å². The number of hydrogen-bond acceptors (Lipinski definition) is 7. The largest absolute Gasteiger partial charge is 0.493 e. The molecule has 2 rings (SSSR count). The Hall–Kier alpha value is -1.83. The molecule has 0 atom stereocenters. The van der Waals surface area contributed by atoms with Gasteiger partial charge in [-0.05, 0) is 19.3 Å². The van der Waals surface area contributed by atoms with Crippen molar-refractivity contribution >= 4 is 29.2 Å². The minimum atomic E-state index is 0.254. The predicted molar refractivity (Wildman–Crippen MR) is 76.8 cm³/mol. The van der Waals surface area contributed by atoms with Crippen LogP contribution in [0.15, 0.2) is 11.2 Å². The number of fused-ring (bicyclic) bond motifs is 1. The Morgan fingerprint density at radius 3 is 2.53 bits per heavy atom. The van der Waals surface area contributed by atoms with Gasteiger partial charge in [0.15, 0.2) is 10.9 Å². The maximum atomic E-state index is 5.76. The summed E-state index contributed by atoms with van der Waals surface area (Å²) in [4.78, 5) is 12.5. The van der Waals surface area contributed by atoms with E-state index in [0.717, 1.165) is 0 Å². The van der Waals surface area contributed by atoms with Crippen molar-refractivity contribution in [2.24, 2.45) is 0 Å². The molecule has 2 N–H and O–H groups in total. The number of ether oxygens (including phenoxy) is 1. The first-order valence-corrected chi connectivity index (χ1v) is 7.07. The third-order valence-corrected chi connectivity index (χ3v) is 2.65. The molecule has 0 spiro atoms. The third kappa shape index (κ3) is 3.14. The summed E-state index contributed by atoms with van der Waals surface area (Å²) in [5.74, 6) is 1.67. The van der Waals surface area contributed by atoms with E-state index in [0.29, 0.717) is 22.5 Å². The number of hydrogen-bond donors (Lipinski definition) is 1. The first kappa shape index (κ1) is 15.2. The molecule has 8 heteroatoms. The SMILES string of the molecule is C/C=C(\OC)c1nc2nc(SC)nc(N)n2n1.CC. The van der Waals surface area contributed by atoms with E-state index < -0.39 is 0 Å². The molecule has 0 saturated carbocycles. The van der Waals surface area contributed by atoms with Crippen molar-refractivity contribution in [3.63, 3.8) is 0 Å². The van der Waals surface area contributed by atoms with Crippen molar-refractivity contribution < 1.29 is 4.74 Å². The predicted octanol–water partition coefficient (Wildman–Crippen LogP) is 1.86. The summed E-state index contributed by atoms with van der Waals surface area (Å²) in [7, 11) is 1.56. The van der Waals surface area contributed by atoms with Crippen molar-refractivity contribution in [2.75, 3.05) is 19.1 Å². The topological polar surface area (TPSA) is 91.2 Å². The summed E-state index contributed by atoms with van der Waals surface area (Å²) < 4.78 is 6.53. The number of nitrogens with two attached hydrogens (primary N) is 1. The van der Waals surface area contributed by atoms with E-state index in [2.05, 4.69) is 20.1 Å². The zero-order valence-electron chi connectivity index (χ0n) is 11.7. The lowest BCUT2D eigenvalue weighted by atomic mass is 10.4. The molecule has 104 valence electrons. The lowest BCUT2D eigenvalue weighted by Crippen LogP contribution is -2.05. The Balaban J connectivity index is 0.000000861. The molecule has 0 saturated heterocycles. The van der Waals surface area contributed by atoms with Crippen LogP contribution < -0.4 is 5.73 Å². The van der Waals surface area contributed by atoms with Crippen LogP contribution >= 0.6 is 11.8 Å². The standard InChI is InChI=1S/C9H12N6OS.C2H6/c1-4-5(16-2)6-11-8-13-9(17-3)12-7(10)15(8)14-6;1-2/h4H,1-3H3,(H2,10,11,12,13,14);1-2H3/b5-4-;.